The summed E-state index contributed by atoms with van der Waals surface area (Å²) in [6.07, 6.45) is 5.17. The lowest BCUT2D eigenvalue weighted by atomic mass is 10.1. The fourth-order valence-corrected chi connectivity index (χ4v) is 5.69. The van der Waals surface area contributed by atoms with Gasteiger partial charge in [0.05, 0.1) is 23.9 Å². The van der Waals surface area contributed by atoms with Gasteiger partial charge in [0, 0.05) is 62.8 Å². The van der Waals surface area contributed by atoms with Gasteiger partial charge in [0.1, 0.15) is 10.6 Å². The Balaban J connectivity index is 1.29. The zero-order valence-electron chi connectivity index (χ0n) is 20.4. The molecule has 10 heteroatoms. The number of aromatic nitrogens is 2. The number of methoxy groups -OCH3 is 1. The molecule has 0 saturated carbocycles. The number of piperazine rings is 1. The van der Waals surface area contributed by atoms with Gasteiger partial charge < -0.3 is 9.64 Å². The summed E-state index contributed by atoms with van der Waals surface area (Å²) in [5.74, 6) is 0.157. The molecule has 1 fully saturated rings. The van der Waals surface area contributed by atoms with Gasteiger partial charge in [-0.25, -0.2) is 8.42 Å². The van der Waals surface area contributed by atoms with Crippen LogP contribution in [0.5, 0.6) is 5.75 Å². The van der Waals surface area contributed by atoms with Crippen molar-refractivity contribution in [3.63, 3.8) is 0 Å². The maximum Gasteiger partial charge on any atom is 0.264 e. The average Bonchev–Trinajstić information content (AvgIpc) is 2.93. The van der Waals surface area contributed by atoms with Crippen LogP contribution in [-0.2, 0) is 16.6 Å². The summed E-state index contributed by atoms with van der Waals surface area (Å²) in [6, 6.07) is 17.2. The molecule has 3 heterocycles. The summed E-state index contributed by atoms with van der Waals surface area (Å²) < 4.78 is 34.4. The Morgan fingerprint density at radius 2 is 1.78 bits per heavy atom. The summed E-state index contributed by atoms with van der Waals surface area (Å²) in [4.78, 5) is 25.8. The molecular formula is C27H27N5O4S. The first-order valence-corrected chi connectivity index (χ1v) is 13.4. The highest BCUT2D eigenvalue weighted by atomic mass is 32.2. The van der Waals surface area contributed by atoms with Crippen LogP contribution in [0.2, 0.25) is 0 Å². The molecule has 0 bridgehead atoms. The number of para-hydroxylation sites is 1. The minimum absolute atomic E-state index is 0.0777. The molecule has 2 aromatic carbocycles. The number of carbonyl (C=O) groups excluding carboxylic acids is 1. The minimum Gasteiger partial charge on any atom is -0.496 e. The van der Waals surface area contributed by atoms with Crippen LogP contribution in [0.4, 0.5) is 5.69 Å². The van der Waals surface area contributed by atoms with Crippen molar-refractivity contribution in [3.05, 3.63) is 90.4 Å². The monoisotopic (exact) mass is 517 g/mol. The molecule has 1 amide bonds. The number of rotatable bonds is 7. The highest BCUT2D eigenvalue weighted by molar-refractivity contribution is 7.93. The lowest BCUT2D eigenvalue weighted by Gasteiger charge is -2.35. The number of nitrogens with zero attached hydrogens (tertiary/aromatic N) is 4. The standard InChI is InChI=1S/C27H27N5O4S/c1-36-24-17-22(30-37(34,35)25-8-2-6-21-7-4-12-29-26(21)25)9-10-23(24)27(33)32-15-13-31(14-16-32)19-20-5-3-11-28-18-20/h2-12,17-18,30H,13-16,19H2,1H3. The van der Waals surface area contributed by atoms with Crippen molar-refractivity contribution in [1.29, 1.82) is 0 Å². The molecule has 4 aromatic rings. The molecule has 0 unspecified atom stereocenters. The van der Waals surface area contributed by atoms with Crippen molar-refractivity contribution in [3.8, 4) is 5.75 Å². The van der Waals surface area contributed by atoms with Gasteiger partial charge in [-0.05, 0) is 35.9 Å². The molecular weight excluding hydrogens is 490 g/mol. The van der Waals surface area contributed by atoms with Gasteiger partial charge in [-0.2, -0.15) is 0 Å². The van der Waals surface area contributed by atoms with Crippen molar-refractivity contribution < 1.29 is 17.9 Å². The van der Waals surface area contributed by atoms with Gasteiger partial charge >= 0.3 is 0 Å². The van der Waals surface area contributed by atoms with Crippen LogP contribution >= 0.6 is 0 Å². The van der Waals surface area contributed by atoms with Gasteiger partial charge in [-0.15, -0.1) is 0 Å². The van der Waals surface area contributed by atoms with Crippen LogP contribution in [-0.4, -0.2) is 67.4 Å². The fraction of sp³-hybridized carbons (Fsp3) is 0.222. The Labute approximate surface area is 215 Å². The van der Waals surface area contributed by atoms with Crippen LogP contribution < -0.4 is 9.46 Å². The van der Waals surface area contributed by atoms with E-state index in [9.17, 15) is 13.2 Å². The quantitative estimate of drug-likeness (QED) is 0.401. The molecule has 0 radical (unpaired) electrons. The van der Waals surface area contributed by atoms with Crippen molar-refractivity contribution >= 4 is 32.5 Å². The van der Waals surface area contributed by atoms with E-state index in [4.69, 9.17) is 4.74 Å². The highest BCUT2D eigenvalue weighted by Crippen LogP contribution is 2.28. The van der Waals surface area contributed by atoms with Crippen LogP contribution in [0.3, 0.4) is 0 Å². The molecule has 9 nitrogen and oxygen atoms in total. The summed E-state index contributed by atoms with van der Waals surface area (Å²) in [6.45, 7) is 3.47. The van der Waals surface area contributed by atoms with E-state index in [1.54, 1.807) is 41.6 Å². The van der Waals surface area contributed by atoms with E-state index in [-0.39, 0.29) is 10.8 Å². The Bertz CT molecular complexity index is 1520. The Kier molecular flexibility index (Phi) is 7.02. The fourth-order valence-electron chi connectivity index (χ4n) is 4.46. The zero-order chi connectivity index (χ0) is 25.8. The number of hydrogen-bond acceptors (Lipinski definition) is 7. The number of ether oxygens (including phenoxy) is 1. The van der Waals surface area contributed by atoms with E-state index in [0.29, 0.717) is 35.6 Å². The van der Waals surface area contributed by atoms with Crippen molar-refractivity contribution in [2.24, 2.45) is 0 Å². The number of hydrogen-bond donors (Lipinski definition) is 1. The number of fused-ring (bicyclic) bond motifs is 1. The number of pyridine rings is 2. The first-order valence-electron chi connectivity index (χ1n) is 11.9. The van der Waals surface area contributed by atoms with Crippen LogP contribution in [0.25, 0.3) is 10.9 Å². The third-order valence-corrected chi connectivity index (χ3v) is 7.77. The van der Waals surface area contributed by atoms with E-state index >= 15 is 0 Å². The normalized spacial score (nSPS) is 14.5. The molecule has 0 spiro atoms. The maximum absolute atomic E-state index is 13.3. The first-order chi connectivity index (χ1) is 17.9. The summed E-state index contributed by atoms with van der Waals surface area (Å²) >= 11 is 0. The molecule has 1 N–H and O–H groups in total. The molecule has 0 atom stereocenters. The Hall–Kier alpha value is -4.02. The number of carbonyl (C=O) groups is 1. The second kappa shape index (κ2) is 10.5. The predicted octanol–water partition coefficient (Wildman–Crippen LogP) is 3.40. The van der Waals surface area contributed by atoms with Gasteiger partial charge in [0.25, 0.3) is 15.9 Å². The smallest absolute Gasteiger partial charge is 0.264 e. The van der Waals surface area contributed by atoms with E-state index in [2.05, 4.69) is 19.6 Å². The SMILES string of the molecule is COc1cc(NS(=O)(=O)c2cccc3cccnc23)ccc1C(=O)N1CCN(Cc2cccnc2)CC1. The zero-order valence-corrected chi connectivity index (χ0v) is 21.2. The van der Waals surface area contributed by atoms with Gasteiger partial charge in [0.2, 0.25) is 0 Å². The summed E-state index contributed by atoms with van der Waals surface area (Å²) in [7, 11) is -2.46. The topological polar surface area (TPSA) is 105 Å². The van der Waals surface area contributed by atoms with E-state index < -0.39 is 10.0 Å². The molecule has 1 aliphatic rings. The first kappa shape index (κ1) is 24.7. The third-order valence-electron chi connectivity index (χ3n) is 6.36. The molecule has 0 aliphatic carbocycles. The van der Waals surface area contributed by atoms with Gasteiger partial charge in [-0.1, -0.05) is 24.3 Å². The summed E-state index contributed by atoms with van der Waals surface area (Å²) in [5, 5.41) is 0.726. The molecule has 37 heavy (non-hydrogen) atoms. The molecule has 190 valence electrons. The Morgan fingerprint density at radius 1 is 1.00 bits per heavy atom. The van der Waals surface area contributed by atoms with E-state index in [1.165, 1.54) is 19.2 Å². The lowest BCUT2D eigenvalue weighted by Crippen LogP contribution is -2.48. The highest BCUT2D eigenvalue weighted by Gasteiger charge is 2.25. The second-order valence-corrected chi connectivity index (χ2v) is 10.4. The minimum atomic E-state index is -3.92. The number of benzene rings is 2. The van der Waals surface area contributed by atoms with Crippen LogP contribution in [0, 0.1) is 0 Å². The van der Waals surface area contributed by atoms with Crippen LogP contribution in [0.1, 0.15) is 15.9 Å². The average molecular weight is 518 g/mol. The number of anilines is 1. The number of sulfonamides is 1. The van der Waals surface area contributed by atoms with Crippen molar-refractivity contribution in [2.45, 2.75) is 11.4 Å². The lowest BCUT2D eigenvalue weighted by molar-refractivity contribution is 0.0625. The summed E-state index contributed by atoms with van der Waals surface area (Å²) in [5.41, 5.74) is 2.21. The number of amides is 1. The van der Waals surface area contributed by atoms with Gasteiger partial charge in [-0.3, -0.25) is 24.4 Å². The largest absolute Gasteiger partial charge is 0.496 e. The maximum atomic E-state index is 13.3. The number of nitrogens with one attached hydrogen (secondary N) is 1. The third kappa shape index (κ3) is 5.40. The Morgan fingerprint density at radius 3 is 2.54 bits per heavy atom. The molecule has 5 rings (SSSR count). The molecule has 1 aliphatic heterocycles. The van der Waals surface area contributed by atoms with Crippen LogP contribution in [0.15, 0.2) is 84.1 Å². The second-order valence-electron chi connectivity index (χ2n) is 8.78. The van der Waals surface area contributed by atoms with E-state index in [0.717, 1.165) is 30.6 Å². The molecule has 1 saturated heterocycles. The molecule has 2 aromatic heterocycles. The van der Waals surface area contributed by atoms with Gasteiger partial charge in [0.15, 0.2) is 0 Å². The van der Waals surface area contributed by atoms with E-state index in [1.807, 2.05) is 30.5 Å². The van der Waals surface area contributed by atoms with Crippen molar-refractivity contribution in [1.82, 2.24) is 19.8 Å². The predicted molar refractivity (Wildman–Crippen MR) is 141 cm³/mol. The van der Waals surface area contributed by atoms with Crippen molar-refractivity contribution in [2.75, 3.05) is 38.0 Å².